The molecule has 1 aliphatic heterocycles. The molecule has 0 saturated heterocycles. The molecule has 0 saturated carbocycles. The smallest absolute Gasteiger partial charge is 0.135 e. The van der Waals surface area contributed by atoms with Crippen molar-refractivity contribution in [3.8, 4) is 28.4 Å². The van der Waals surface area contributed by atoms with E-state index in [2.05, 4.69) is 223 Å². The van der Waals surface area contributed by atoms with Gasteiger partial charge in [-0.25, -0.2) is 4.98 Å². The van der Waals surface area contributed by atoms with Crippen molar-refractivity contribution in [2.45, 2.75) is 78.6 Å². The van der Waals surface area contributed by atoms with Gasteiger partial charge in [0.05, 0.1) is 0 Å². The number of pyridine rings is 1. The monoisotopic (exact) mass is 966 g/mol. The van der Waals surface area contributed by atoms with Crippen LogP contribution in [-0.4, -0.2) is 9.55 Å². The maximum absolute atomic E-state index is 6.82. The molecular formula is C54H51N4OPt-3. The van der Waals surface area contributed by atoms with Gasteiger partial charge in [0.25, 0.3) is 0 Å². The van der Waals surface area contributed by atoms with Crippen molar-refractivity contribution in [3.05, 3.63) is 175 Å². The molecule has 0 aliphatic carbocycles. The van der Waals surface area contributed by atoms with Crippen LogP contribution in [0, 0.1) is 18.8 Å². The van der Waals surface area contributed by atoms with Gasteiger partial charge in [0.1, 0.15) is 5.82 Å². The van der Waals surface area contributed by atoms with Gasteiger partial charge in [0, 0.05) is 61.3 Å². The van der Waals surface area contributed by atoms with Crippen LogP contribution >= 0.6 is 0 Å². The summed E-state index contributed by atoms with van der Waals surface area (Å²) in [7, 11) is 0. The van der Waals surface area contributed by atoms with Crippen LogP contribution in [0.3, 0.4) is 0 Å². The van der Waals surface area contributed by atoms with E-state index in [-0.39, 0.29) is 37.3 Å². The second kappa shape index (κ2) is 15.4. The van der Waals surface area contributed by atoms with Crippen molar-refractivity contribution in [1.82, 2.24) is 9.55 Å². The summed E-state index contributed by atoms with van der Waals surface area (Å²) in [5, 5.41) is 2.24. The van der Waals surface area contributed by atoms with Gasteiger partial charge in [-0.3, -0.25) is 0 Å². The van der Waals surface area contributed by atoms with Gasteiger partial charge in [0.15, 0.2) is 0 Å². The number of hydrogen-bond acceptors (Lipinski definition) is 4. The fourth-order valence-corrected chi connectivity index (χ4v) is 7.93. The van der Waals surface area contributed by atoms with Crippen LogP contribution in [0.15, 0.2) is 140 Å². The number of para-hydroxylation sites is 1. The molecule has 6 aromatic carbocycles. The van der Waals surface area contributed by atoms with E-state index in [0.29, 0.717) is 11.5 Å². The molecule has 0 radical (unpaired) electrons. The predicted molar refractivity (Wildman–Crippen MR) is 246 cm³/mol. The van der Waals surface area contributed by atoms with Crippen LogP contribution in [-0.2, 0) is 37.3 Å². The number of aromatic nitrogens is 2. The number of anilines is 4. The first-order valence-corrected chi connectivity index (χ1v) is 20.5. The average molecular weight is 967 g/mol. The third kappa shape index (κ3) is 7.77. The Morgan fingerprint density at radius 1 is 0.533 bits per heavy atom. The minimum Gasteiger partial charge on any atom is -0.509 e. The van der Waals surface area contributed by atoms with Crippen molar-refractivity contribution in [2.24, 2.45) is 0 Å². The van der Waals surface area contributed by atoms with Gasteiger partial charge in [-0.15, -0.1) is 53.6 Å². The molecule has 0 atom stereocenters. The van der Waals surface area contributed by atoms with Crippen molar-refractivity contribution in [1.29, 1.82) is 0 Å². The van der Waals surface area contributed by atoms with Gasteiger partial charge in [-0.1, -0.05) is 135 Å². The quantitative estimate of drug-likeness (QED) is 0.156. The van der Waals surface area contributed by atoms with E-state index in [1.54, 1.807) is 0 Å². The van der Waals surface area contributed by atoms with Crippen molar-refractivity contribution in [3.63, 3.8) is 0 Å². The summed E-state index contributed by atoms with van der Waals surface area (Å²) in [6, 6.07) is 54.8. The second-order valence-corrected chi connectivity index (χ2v) is 18.8. The summed E-state index contributed by atoms with van der Waals surface area (Å²) in [6.07, 6.45) is 1.91. The zero-order valence-electron chi connectivity index (χ0n) is 35.9. The minimum absolute atomic E-state index is 0. The van der Waals surface area contributed by atoms with Gasteiger partial charge in [-0.05, 0) is 86.3 Å². The summed E-state index contributed by atoms with van der Waals surface area (Å²) in [5.74, 6) is 2.10. The first-order valence-electron chi connectivity index (χ1n) is 20.5. The number of ether oxygens (including phenoxy) is 1. The molecule has 306 valence electrons. The molecule has 8 aromatic rings. The zero-order valence-corrected chi connectivity index (χ0v) is 38.1. The molecule has 0 bridgehead atoms. The molecule has 0 spiro atoms. The zero-order chi connectivity index (χ0) is 41.3. The molecule has 0 fully saturated rings. The van der Waals surface area contributed by atoms with Crippen LogP contribution in [0.5, 0.6) is 11.5 Å². The largest absolute Gasteiger partial charge is 0.509 e. The normalized spacial score (nSPS) is 13.2. The number of fused-ring (bicyclic) bond motifs is 4. The fraction of sp³-hybridized carbons (Fsp3) is 0.222. The Morgan fingerprint density at radius 3 is 1.98 bits per heavy atom. The van der Waals surface area contributed by atoms with E-state index in [1.165, 1.54) is 22.3 Å². The molecule has 5 nitrogen and oxygen atoms in total. The molecule has 60 heavy (non-hydrogen) atoms. The molecular weight excluding hydrogens is 916 g/mol. The van der Waals surface area contributed by atoms with Crippen LogP contribution in [0.2, 0.25) is 0 Å². The van der Waals surface area contributed by atoms with Crippen LogP contribution < -0.4 is 14.5 Å². The van der Waals surface area contributed by atoms with Gasteiger partial charge >= 0.3 is 0 Å². The second-order valence-electron chi connectivity index (χ2n) is 18.8. The van der Waals surface area contributed by atoms with Gasteiger partial charge < -0.3 is 19.1 Å². The van der Waals surface area contributed by atoms with E-state index in [1.807, 2.05) is 12.3 Å². The maximum atomic E-state index is 6.82. The van der Waals surface area contributed by atoms with Gasteiger partial charge in [0.2, 0.25) is 0 Å². The Bertz CT molecular complexity index is 2860. The number of benzene rings is 6. The molecule has 1 aliphatic rings. The third-order valence-corrected chi connectivity index (χ3v) is 11.4. The fourth-order valence-electron chi connectivity index (χ4n) is 7.93. The Kier molecular flexibility index (Phi) is 10.6. The van der Waals surface area contributed by atoms with Crippen molar-refractivity contribution < 1.29 is 25.8 Å². The van der Waals surface area contributed by atoms with Gasteiger partial charge in [-0.2, -0.15) is 6.07 Å². The average Bonchev–Trinajstić information content (AvgIpc) is 3.76. The summed E-state index contributed by atoms with van der Waals surface area (Å²) < 4.78 is 9.02. The van der Waals surface area contributed by atoms with E-state index >= 15 is 0 Å². The summed E-state index contributed by atoms with van der Waals surface area (Å²) >= 11 is 0. The van der Waals surface area contributed by atoms with E-state index in [9.17, 15) is 0 Å². The van der Waals surface area contributed by atoms with E-state index < -0.39 is 0 Å². The predicted octanol–water partition coefficient (Wildman–Crippen LogP) is 14.5. The molecule has 2 aromatic heterocycles. The summed E-state index contributed by atoms with van der Waals surface area (Å²) in [6.45, 7) is 22.4. The number of rotatable bonds is 6. The summed E-state index contributed by atoms with van der Waals surface area (Å²) in [4.78, 5) is 9.42. The Morgan fingerprint density at radius 2 is 1.23 bits per heavy atom. The Balaban J connectivity index is 0.00000499. The first-order chi connectivity index (χ1) is 28.1. The first kappa shape index (κ1) is 41.1. The van der Waals surface area contributed by atoms with E-state index in [0.717, 1.165) is 55.9 Å². The maximum Gasteiger partial charge on any atom is 0.135 e. The van der Waals surface area contributed by atoms with Crippen LogP contribution in [0.4, 0.5) is 22.7 Å². The summed E-state index contributed by atoms with van der Waals surface area (Å²) in [5.41, 5.74) is 12.0. The number of hydrogen-bond donors (Lipinski definition) is 0. The van der Waals surface area contributed by atoms with Crippen LogP contribution in [0.25, 0.3) is 38.8 Å². The SMILES string of the molecule is CC(C)(C)c1cc(Oc2[c-]c3c(cc2)c2ccccc2n3-c2cc(C(C)(C)C)ccn2)[c-]c(N2[CH-]N(c3cccc(-c4ccccc4)c3)c3cc(C(C)(C)C)ccc32)c1.[Pt]. The molecule has 3 heterocycles. The Labute approximate surface area is 369 Å². The number of nitrogens with zero attached hydrogens (tertiary/aromatic N) is 4. The van der Waals surface area contributed by atoms with Crippen molar-refractivity contribution >= 4 is 44.6 Å². The molecule has 0 amide bonds. The van der Waals surface area contributed by atoms with Crippen LogP contribution in [0.1, 0.15) is 79.0 Å². The van der Waals surface area contributed by atoms with E-state index in [4.69, 9.17) is 9.72 Å². The third-order valence-electron chi connectivity index (χ3n) is 11.4. The van der Waals surface area contributed by atoms with Crippen molar-refractivity contribution in [2.75, 3.05) is 9.80 Å². The molecule has 0 unspecified atom stereocenters. The standard InChI is InChI=1S/C54H51N4O.Pt/c1-52(2,3)38-22-25-48-50(31-38)56(41-19-15-18-37(28-41)36-16-11-10-12-17-36)35-57(48)42-29-40(54(7,8)9)30-44(33-42)59-43-23-24-46-45-20-13-14-21-47(45)58(49(46)34-43)51-32-39(26-27-55-51)53(4,5)6;/h10-32,35H,1-9H3;/q-3;. The topological polar surface area (TPSA) is 33.5 Å². The molecule has 9 rings (SSSR count). The molecule has 6 heteroatoms. The minimum atomic E-state index is -0.159. The Hall–Kier alpha value is -5.64. The molecule has 0 N–H and O–H groups in total.